The van der Waals surface area contributed by atoms with Crippen molar-refractivity contribution in [3.63, 3.8) is 0 Å². The standard InChI is InChI=1S/C17H21N3O3/c1-19(17(21)8-4-10-20-11-5-9-18-20)12-14-13-22-15-6-2-3-7-16(15)23-14/h2-3,5-7,9,11,14H,4,8,10,12-13H2,1H3/t14-/m0/s1. The minimum Gasteiger partial charge on any atom is -0.486 e. The maximum Gasteiger partial charge on any atom is 0.222 e. The van der Waals surface area contributed by atoms with Gasteiger partial charge in [-0.25, -0.2) is 0 Å². The largest absolute Gasteiger partial charge is 0.486 e. The van der Waals surface area contributed by atoms with Gasteiger partial charge in [-0.05, 0) is 24.6 Å². The third-order valence-corrected chi connectivity index (χ3v) is 3.81. The van der Waals surface area contributed by atoms with Crippen LogP contribution in [0.3, 0.4) is 0 Å². The molecule has 0 fully saturated rings. The molecule has 0 saturated heterocycles. The van der Waals surface area contributed by atoms with Gasteiger partial charge in [0.25, 0.3) is 0 Å². The quantitative estimate of drug-likeness (QED) is 0.818. The summed E-state index contributed by atoms with van der Waals surface area (Å²) in [5.41, 5.74) is 0. The van der Waals surface area contributed by atoms with Crippen LogP contribution in [0.1, 0.15) is 12.8 Å². The highest BCUT2D eigenvalue weighted by molar-refractivity contribution is 5.75. The molecule has 122 valence electrons. The van der Waals surface area contributed by atoms with E-state index in [0.29, 0.717) is 19.6 Å². The summed E-state index contributed by atoms with van der Waals surface area (Å²) in [5.74, 6) is 1.61. The summed E-state index contributed by atoms with van der Waals surface area (Å²) < 4.78 is 13.4. The third-order valence-electron chi connectivity index (χ3n) is 3.81. The first-order valence-corrected chi connectivity index (χ1v) is 7.82. The molecule has 3 rings (SSSR count). The summed E-state index contributed by atoms with van der Waals surface area (Å²) in [6.45, 7) is 1.74. The van der Waals surface area contributed by atoms with Crippen LogP contribution in [0.5, 0.6) is 11.5 Å². The van der Waals surface area contributed by atoms with E-state index in [2.05, 4.69) is 5.10 Å². The average molecular weight is 315 g/mol. The van der Waals surface area contributed by atoms with E-state index in [4.69, 9.17) is 9.47 Å². The first kappa shape index (κ1) is 15.4. The highest BCUT2D eigenvalue weighted by atomic mass is 16.6. The molecule has 0 radical (unpaired) electrons. The van der Waals surface area contributed by atoms with Crippen LogP contribution in [0.4, 0.5) is 0 Å². The van der Waals surface area contributed by atoms with Crippen molar-refractivity contribution in [3.05, 3.63) is 42.7 Å². The molecular formula is C17H21N3O3. The fraction of sp³-hybridized carbons (Fsp3) is 0.412. The summed E-state index contributed by atoms with van der Waals surface area (Å²) in [4.78, 5) is 13.9. The van der Waals surface area contributed by atoms with Crippen LogP contribution in [0.15, 0.2) is 42.7 Å². The Morgan fingerprint density at radius 1 is 1.35 bits per heavy atom. The van der Waals surface area contributed by atoms with E-state index in [1.165, 1.54) is 0 Å². The highest BCUT2D eigenvalue weighted by Gasteiger charge is 2.23. The van der Waals surface area contributed by atoms with E-state index >= 15 is 0 Å². The Labute approximate surface area is 135 Å². The van der Waals surface area contributed by atoms with E-state index < -0.39 is 0 Å². The fourth-order valence-corrected chi connectivity index (χ4v) is 2.58. The van der Waals surface area contributed by atoms with Crippen molar-refractivity contribution >= 4 is 5.91 Å². The normalized spacial score (nSPS) is 16.1. The SMILES string of the molecule is CN(C[C@H]1COc2ccccc2O1)C(=O)CCCn1cccn1. The van der Waals surface area contributed by atoms with Crippen LogP contribution < -0.4 is 9.47 Å². The molecule has 0 aliphatic carbocycles. The number of benzene rings is 1. The molecular weight excluding hydrogens is 294 g/mol. The zero-order valence-corrected chi connectivity index (χ0v) is 13.2. The van der Waals surface area contributed by atoms with Crippen LogP contribution in [-0.4, -0.2) is 46.9 Å². The molecule has 0 bridgehead atoms. The molecule has 0 saturated carbocycles. The van der Waals surface area contributed by atoms with Crippen LogP contribution in [-0.2, 0) is 11.3 Å². The van der Waals surface area contributed by atoms with Gasteiger partial charge in [-0.1, -0.05) is 12.1 Å². The van der Waals surface area contributed by atoms with Crippen LogP contribution in [0.2, 0.25) is 0 Å². The molecule has 1 amide bonds. The lowest BCUT2D eigenvalue weighted by Crippen LogP contribution is -2.41. The van der Waals surface area contributed by atoms with Crippen molar-refractivity contribution in [3.8, 4) is 11.5 Å². The number of carbonyl (C=O) groups is 1. The van der Waals surface area contributed by atoms with Gasteiger partial charge in [0.05, 0.1) is 6.54 Å². The number of carbonyl (C=O) groups excluding carboxylic acids is 1. The monoisotopic (exact) mass is 315 g/mol. The zero-order valence-electron chi connectivity index (χ0n) is 13.2. The fourth-order valence-electron chi connectivity index (χ4n) is 2.58. The topological polar surface area (TPSA) is 56.6 Å². The minimum atomic E-state index is -0.134. The third kappa shape index (κ3) is 4.03. The molecule has 1 aromatic heterocycles. The first-order chi connectivity index (χ1) is 11.2. The average Bonchev–Trinajstić information content (AvgIpc) is 3.08. The second kappa shape index (κ2) is 7.17. The van der Waals surface area contributed by atoms with Crippen LogP contribution in [0.25, 0.3) is 0 Å². The van der Waals surface area contributed by atoms with Gasteiger partial charge in [0.15, 0.2) is 17.6 Å². The van der Waals surface area contributed by atoms with Gasteiger partial charge in [-0.15, -0.1) is 0 Å². The van der Waals surface area contributed by atoms with E-state index in [-0.39, 0.29) is 12.0 Å². The Balaban J connectivity index is 1.43. The number of hydrogen-bond donors (Lipinski definition) is 0. The molecule has 0 spiro atoms. The van der Waals surface area contributed by atoms with Crippen molar-refractivity contribution in [2.45, 2.75) is 25.5 Å². The molecule has 6 nitrogen and oxygen atoms in total. The van der Waals surface area contributed by atoms with Crippen molar-refractivity contribution in [2.75, 3.05) is 20.2 Å². The maximum absolute atomic E-state index is 12.2. The molecule has 6 heteroatoms. The number of aromatic nitrogens is 2. The van der Waals surface area contributed by atoms with Gasteiger partial charge in [0, 0.05) is 32.4 Å². The first-order valence-electron chi connectivity index (χ1n) is 7.82. The number of rotatable bonds is 6. The van der Waals surface area contributed by atoms with E-state index in [1.54, 1.807) is 18.1 Å². The number of fused-ring (bicyclic) bond motifs is 1. The Hall–Kier alpha value is -2.50. The van der Waals surface area contributed by atoms with Gasteiger partial charge in [-0.2, -0.15) is 5.10 Å². The smallest absolute Gasteiger partial charge is 0.222 e. The van der Waals surface area contributed by atoms with Gasteiger partial charge in [0.1, 0.15) is 6.61 Å². The number of para-hydroxylation sites is 2. The van der Waals surface area contributed by atoms with Crippen molar-refractivity contribution in [2.24, 2.45) is 0 Å². The molecule has 1 aliphatic rings. The van der Waals surface area contributed by atoms with Crippen molar-refractivity contribution < 1.29 is 14.3 Å². The minimum absolute atomic E-state index is 0.111. The molecule has 1 atom stereocenters. The second-order valence-electron chi connectivity index (χ2n) is 5.64. The summed E-state index contributed by atoms with van der Waals surface area (Å²) in [6.07, 6.45) is 4.78. The Morgan fingerprint density at radius 3 is 2.96 bits per heavy atom. The van der Waals surface area contributed by atoms with Gasteiger partial charge < -0.3 is 14.4 Å². The van der Waals surface area contributed by atoms with Crippen LogP contribution >= 0.6 is 0 Å². The van der Waals surface area contributed by atoms with Crippen LogP contribution in [0, 0.1) is 0 Å². The molecule has 1 aliphatic heterocycles. The molecule has 23 heavy (non-hydrogen) atoms. The summed E-state index contributed by atoms with van der Waals surface area (Å²) in [7, 11) is 1.81. The predicted octanol–water partition coefficient (Wildman–Crippen LogP) is 1.96. The molecule has 1 aromatic carbocycles. The Morgan fingerprint density at radius 2 is 2.17 bits per heavy atom. The summed E-state index contributed by atoms with van der Waals surface area (Å²) in [5, 5.41) is 4.13. The number of hydrogen-bond acceptors (Lipinski definition) is 4. The van der Waals surface area contributed by atoms with Crippen molar-refractivity contribution in [1.82, 2.24) is 14.7 Å². The number of likely N-dealkylation sites (N-methyl/N-ethyl adjacent to an activating group) is 1. The number of ether oxygens (including phenoxy) is 2. The molecule has 0 N–H and O–H groups in total. The van der Waals surface area contributed by atoms with Gasteiger partial charge >= 0.3 is 0 Å². The lowest BCUT2D eigenvalue weighted by Gasteiger charge is -2.29. The number of nitrogens with zero attached hydrogens (tertiary/aromatic N) is 3. The summed E-state index contributed by atoms with van der Waals surface area (Å²) >= 11 is 0. The van der Waals surface area contributed by atoms with Crippen molar-refractivity contribution in [1.29, 1.82) is 0 Å². The van der Waals surface area contributed by atoms with E-state index in [0.717, 1.165) is 24.5 Å². The Bertz CT molecular complexity index is 642. The van der Waals surface area contributed by atoms with E-state index in [1.807, 2.05) is 41.2 Å². The highest BCUT2D eigenvalue weighted by Crippen LogP contribution is 2.30. The lowest BCUT2D eigenvalue weighted by molar-refractivity contribution is -0.131. The molecule has 0 unspecified atom stereocenters. The second-order valence-corrected chi connectivity index (χ2v) is 5.64. The Kier molecular flexibility index (Phi) is 4.80. The predicted molar refractivity (Wildman–Crippen MR) is 85.5 cm³/mol. The maximum atomic E-state index is 12.2. The molecule has 2 heterocycles. The molecule has 2 aromatic rings. The van der Waals surface area contributed by atoms with E-state index in [9.17, 15) is 4.79 Å². The lowest BCUT2D eigenvalue weighted by atomic mass is 10.2. The zero-order chi connectivity index (χ0) is 16.1. The number of aryl methyl sites for hydroxylation is 1. The number of amides is 1. The van der Waals surface area contributed by atoms with Gasteiger partial charge in [-0.3, -0.25) is 9.48 Å². The summed E-state index contributed by atoms with van der Waals surface area (Å²) in [6, 6.07) is 9.47. The van der Waals surface area contributed by atoms with Gasteiger partial charge in [0.2, 0.25) is 5.91 Å².